The fourth-order valence-corrected chi connectivity index (χ4v) is 5.52. The molecule has 5 nitrogen and oxygen atoms in total. The molecule has 0 rings (SSSR count). The highest BCUT2D eigenvalue weighted by molar-refractivity contribution is 7.85. The zero-order valence-corrected chi connectivity index (χ0v) is 23.9. The number of aliphatic hydroxyl groups excluding tert-OH is 1. The van der Waals surface area contributed by atoms with E-state index in [2.05, 4.69) is 6.92 Å². The van der Waals surface area contributed by atoms with Crippen LogP contribution in [0.3, 0.4) is 0 Å². The zero-order chi connectivity index (χ0) is 25.5. The van der Waals surface area contributed by atoms with Gasteiger partial charge in [-0.25, -0.2) is 0 Å². The van der Waals surface area contributed by atoms with Crippen LogP contribution in [0.4, 0.5) is 0 Å². The summed E-state index contributed by atoms with van der Waals surface area (Å²) in [5.41, 5.74) is 0. The third-order valence-electron chi connectivity index (χ3n) is 6.97. The maximum absolute atomic E-state index is 10.9. The maximum atomic E-state index is 10.9. The lowest BCUT2D eigenvalue weighted by Crippen LogP contribution is -2.47. The van der Waals surface area contributed by atoms with Crippen LogP contribution in [0.2, 0.25) is 0 Å². The molecule has 0 aliphatic carbocycles. The molecule has 1 unspecified atom stereocenters. The first kappa shape index (κ1) is 33.8. The van der Waals surface area contributed by atoms with Gasteiger partial charge in [-0.3, -0.25) is 4.55 Å². The molecule has 0 aliphatic rings. The fourth-order valence-electron chi connectivity index (χ4n) is 4.93. The van der Waals surface area contributed by atoms with Crippen molar-refractivity contribution >= 4 is 10.1 Å². The molecule has 0 heterocycles. The minimum Gasteiger partial charge on any atom is -0.386 e. The Labute approximate surface area is 213 Å². The molecule has 0 radical (unpaired) electrons. The van der Waals surface area contributed by atoms with E-state index in [9.17, 15) is 13.5 Å². The van der Waals surface area contributed by atoms with Crippen LogP contribution < -0.4 is 0 Å². The molecule has 0 aromatic heterocycles. The molecule has 6 heteroatoms. The van der Waals surface area contributed by atoms with Crippen LogP contribution in [0.15, 0.2) is 0 Å². The van der Waals surface area contributed by atoms with Crippen LogP contribution in [0.5, 0.6) is 0 Å². The van der Waals surface area contributed by atoms with E-state index in [4.69, 9.17) is 4.55 Å². The predicted octanol–water partition coefficient (Wildman–Crippen LogP) is 7.52. The van der Waals surface area contributed by atoms with Crippen LogP contribution in [0, 0.1) is 0 Å². The van der Waals surface area contributed by atoms with Crippen LogP contribution in [0.25, 0.3) is 0 Å². The number of aliphatic hydroxyl groups is 1. The summed E-state index contributed by atoms with van der Waals surface area (Å²) >= 11 is 0. The van der Waals surface area contributed by atoms with Crippen molar-refractivity contribution in [1.29, 1.82) is 0 Å². The van der Waals surface area contributed by atoms with Gasteiger partial charge in [-0.1, -0.05) is 129 Å². The average Bonchev–Trinajstić information content (AvgIpc) is 2.73. The summed E-state index contributed by atoms with van der Waals surface area (Å²) in [6.45, 7) is 3.55. The van der Waals surface area contributed by atoms with Gasteiger partial charge in [-0.05, 0) is 12.8 Å². The van der Waals surface area contributed by atoms with Gasteiger partial charge in [0, 0.05) is 0 Å². The van der Waals surface area contributed by atoms with Crippen molar-refractivity contribution in [2.75, 3.05) is 32.9 Å². The van der Waals surface area contributed by atoms with Crippen LogP contribution in [-0.4, -0.2) is 61.6 Å². The van der Waals surface area contributed by atoms with Crippen LogP contribution in [-0.2, 0) is 10.1 Å². The molecule has 1 atom stereocenters. The lowest BCUT2D eigenvalue weighted by Gasteiger charge is -2.31. The van der Waals surface area contributed by atoms with E-state index in [0.717, 1.165) is 13.0 Å². The van der Waals surface area contributed by atoms with Crippen LogP contribution >= 0.6 is 0 Å². The van der Waals surface area contributed by atoms with Crippen molar-refractivity contribution in [3.63, 3.8) is 0 Å². The van der Waals surface area contributed by atoms with E-state index >= 15 is 0 Å². The van der Waals surface area contributed by atoms with E-state index in [-0.39, 0.29) is 0 Å². The Morgan fingerprint density at radius 2 is 0.882 bits per heavy atom. The highest BCUT2D eigenvalue weighted by atomic mass is 32.2. The Balaban J connectivity index is 3.32. The Morgan fingerprint density at radius 3 is 1.18 bits per heavy atom. The second-order valence-corrected chi connectivity index (χ2v) is 12.8. The SMILES string of the molecule is CCCCCCCCCCCCCCCCCCCCCCC[N+](C)(C)CC(O)CS(=O)(=O)O. The number of likely N-dealkylation sites (N-methyl/N-ethyl adjacent to an activating group) is 1. The fraction of sp³-hybridized carbons (Fsp3) is 1.00. The molecule has 0 amide bonds. The Kier molecular flexibility index (Phi) is 21.9. The Hall–Kier alpha value is -0.170. The van der Waals surface area contributed by atoms with E-state index in [1.54, 1.807) is 0 Å². The first-order valence-corrected chi connectivity index (χ1v) is 16.2. The molecular formula is C28H60NO4S+. The minimum atomic E-state index is -4.11. The molecule has 34 heavy (non-hydrogen) atoms. The number of hydrogen-bond donors (Lipinski definition) is 2. The number of rotatable bonds is 26. The van der Waals surface area contributed by atoms with Gasteiger partial charge in [-0.15, -0.1) is 0 Å². The molecule has 0 aromatic carbocycles. The average molecular weight is 507 g/mol. The lowest BCUT2D eigenvalue weighted by atomic mass is 10.0. The normalized spacial score (nSPS) is 13.4. The maximum Gasteiger partial charge on any atom is 0.267 e. The second kappa shape index (κ2) is 22.1. The topological polar surface area (TPSA) is 74.6 Å². The van der Waals surface area contributed by atoms with Gasteiger partial charge < -0.3 is 9.59 Å². The summed E-state index contributed by atoms with van der Waals surface area (Å²) in [6, 6.07) is 0. The molecule has 206 valence electrons. The van der Waals surface area contributed by atoms with E-state index in [0.29, 0.717) is 11.0 Å². The van der Waals surface area contributed by atoms with Crippen molar-refractivity contribution in [2.24, 2.45) is 0 Å². The van der Waals surface area contributed by atoms with E-state index in [1.165, 1.54) is 128 Å². The Morgan fingerprint density at radius 1 is 0.588 bits per heavy atom. The van der Waals surface area contributed by atoms with Gasteiger partial charge in [0.05, 0.1) is 20.6 Å². The monoisotopic (exact) mass is 506 g/mol. The summed E-state index contributed by atoms with van der Waals surface area (Å²) in [4.78, 5) is 0. The van der Waals surface area contributed by atoms with Crippen LogP contribution in [0.1, 0.15) is 142 Å². The van der Waals surface area contributed by atoms with Gasteiger partial charge in [0.1, 0.15) is 18.4 Å². The first-order valence-electron chi connectivity index (χ1n) is 14.6. The molecule has 0 fully saturated rings. The number of nitrogens with zero attached hydrogens (tertiary/aromatic N) is 1. The predicted molar refractivity (Wildman–Crippen MR) is 147 cm³/mol. The number of quaternary nitrogens is 1. The van der Waals surface area contributed by atoms with Gasteiger partial charge in [-0.2, -0.15) is 8.42 Å². The second-order valence-electron chi connectivity index (χ2n) is 11.3. The molecule has 0 saturated carbocycles. The molecule has 0 aliphatic heterocycles. The lowest BCUT2D eigenvalue weighted by molar-refractivity contribution is -0.893. The Bertz CT molecular complexity index is 537. The van der Waals surface area contributed by atoms with Crippen molar-refractivity contribution in [1.82, 2.24) is 0 Å². The molecule has 0 spiro atoms. The standard InChI is InChI=1S/C28H59NO4S/c1-4-5-6-7-8-9-10-11-12-13-14-15-16-17-18-19-20-21-22-23-24-25-29(2,3)26-28(30)27-34(31,32)33/h28,30H,4-27H2,1-3H3/p+1. The molecular weight excluding hydrogens is 446 g/mol. The summed E-state index contributed by atoms with van der Waals surface area (Å²) in [6.07, 6.45) is 27.9. The summed E-state index contributed by atoms with van der Waals surface area (Å²) < 4.78 is 31.2. The van der Waals surface area contributed by atoms with Crippen molar-refractivity contribution in [3.05, 3.63) is 0 Å². The van der Waals surface area contributed by atoms with E-state index < -0.39 is 22.0 Å². The summed E-state index contributed by atoms with van der Waals surface area (Å²) in [7, 11) is -0.104. The quantitative estimate of drug-likeness (QED) is 0.0722. The van der Waals surface area contributed by atoms with Gasteiger partial charge in [0.15, 0.2) is 0 Å². The third-order valence-corrected chi connectivity index (χ3v) is 7.78. The third kappa shape index (κ3) is 26.4. The van der Waals surface area contributed by atoms with Crippen molar-refractivity contribution < 1.29 is 22.6 Å². The summed E-state index contributed by atoms with van der Waals surface area (Å²) in [5.74, 6) is -0.575. The van der Waals surface area contributed by atoms with Crippen molar-refractivity contribution in [3.8, 4) is 0 Å². The highest BCUT2D eigenvalue weighted by Crippen LogP contribution is 2.15. The van der Waals surface area contributed by atoms with Gasteiger partial charge in [0.25, 0.3) is 10.1 Å². The molecule has 0 aromatic rings. The van der Waals surface area contributed by atoms with E-state index in [1.807, 2.05) is 14.1 Å². The number of hydrogen-bond acceptors (Lipinski definition) is 3. The van der Waals surface area contributed by atoms with Crippen molar-refractivity contribution in [2.45, 2.75) is 148 Å². The summed E-state index contributed by atoms with van der Waals surface area (Å²) in [5, 5.41) is 9.84. The highest BCUT2D eigenvalue weighted by Gasteiger charge is 2.23. The number of unbranched alkanes of at least 4 members (excludes halogenated alkanes) is 20. The first-order chi connectivity index (χ1) is 16.2. The van der Waals surface area contributed by atoms with Gasteiger partial charge in [0.2, 0.25) is 0 Å². The minimum absolute atomic E-state index is 0.346. The molecule has 0 saturated heterocycles. The molecule has 2 N–H and O–H groups in total. The molecule has 0 bridgehead atoms. The zero-order valence-electron chi connectivity index (χ0n) is 23.1. The van der Waals surface area contributed by atoms with Gasteiger partial charge >= 0.3 is 0 Å². The largest absolute Gasteiger partial charge is 0.386 e. The smallest absolute Gasteiger partial charge is 0.267 e.